The molecule has 0 bridgehead atoms. The highest BCUT2D eigenvalue weighted by atomic mass is 16.5. The Morgan fingerprint density at radius 3 is 2.75 bits per heavy atom. The van der Waals surface area contributed by atoms with Crippen molar-refractivity contribution in [1.29, 1.82) is 0 Å². The quantitative estimate of drug-likeness (QED) is 0.781. The number of hydrogen-bond donors (Lipinski definition) is 2. The summed E-state index contributed by atoms with van der Waals surface area (Å²) in [7, 11) is 0. The Hall–Kier alpha value is -1.59. The molecule has 5 nitrogen and oxygen atoms in total. The first-order valence-electron chi connectivity index (χ1n) is 7.08. The van der Waals surface area contributed by atoms with Crippen molar-refractivity contribution in [1.82, 2.24) is 4.90 Å². The number of nitrogens with zero attached hydrogens (tertiary/aromatic N) is 1. The number of carboxylic acids is 1. The first kappa shape index (κ1) is 14.8. The van der Waals surface area contributed by atoms with Crippen LogP contribution in [-0.2, 0) is 11.2 Å². The van der Waals surface area contributed by atoms with Crippen LogP contribution in [0, 0.1) is 0 Å². The van der Waals surface area contributed by atoms with E-state index in [4.69, 9.17) is 15.6 Å². The molecule has 1 aromatic rings. The van der Waals surface area contributed by atoms with Crippen LogP contribution in [-0.4, -0.2) is 48.3 Å². The third kappa shape index (κ3) is 4.21. The van der Waals surface area contributed by atoms with E-state index in [0.29, 0.717) is 6.61 Å². The SMILES string of the molecule is NC(Cc1ccccc1OCCN1CCCC1)C(=O)O. The van der Waals surface area contributed by atoms with E-state index in [2.05, 4.69) is 4.90 Å². The van der Waals surface area contributed by atoms with Crippen LogP contribution >= 0.6 is 0 Å². The second-order valence-corrected chi connectivity index (χ2v) is 5.15. The smallest absolute Gasteiger partial charge is 0.320 e. The average Bonchev–Trinajstić information content (AvgIpc) is 2.93. The maximum Gasteiger partial charge on any atom is 0.320 e. The lowest BCUT2D eigenvalue weighted by molar-refractivity contribution is -0.138. The van der Waals surface area contributed by atoms with Crippen LogP contribution in [0.15, 0.2) is 24.3 Å². The molecule has 0 radical (unpaired) electrons. The van der Waals surface area contributed by atoms with E-state index in [-0.39, 0.29) is 6.42 Å². The lowest BCUT2D eigenvalue weighted by Crippen LogP contribution is -2.32. The van der Waals surface area contributed by atoms with Crippen molar-refractivity contribution < 1.29 is 14.6 Å². The molecule has 1 heterocycles. The molecule has 1 aromatic carbocycles. The number of rotatable bonds is 7. The summed E-state index contributed by atoms with van der Waals surface area (Å²) in [5.74, 6) is -0.250. The van der Waals surface area contributed by atoms with Gasteiger partial charge in [0.2, 0.25) is 0 Å². The Morgan fingerprint density at radius 1 is 1.35 bits per heavy atom. The number of likely N-dealkylation sites (tertiary alicyclic amines) is 1. The number of hydrogen-bond acceptors (Lipinski definition) is 4. The summed E-state index contributed by atoms with van der Waals surface area (Å²) in [6.45, 7) is 3.84. The molecular formula is C15H22N2O3. The summed E-state index contributed by atoms with van der Waals surface area (Å²) in [6, 6.07) is 6.61. The number of carbonyl (C=O) groups is 1. The maximum absolute atomic E-state index is 10.8. The van der Waals surface area contributed by atoms with Crippen LogP contribution in [0.1, 0.15) is 18.4 Å². The predicted octanol–water partition coefficient (Wildman–Crippen LogP) is 1.12. The van der Waals surface area contributed by atoms with Gasteiger partial charge < -0.3 is 15.6 Å². The number of ether oxygens (including phenoxy) is 1. The molecule has 0 aliphatic carbocycles. The molecule has 1 unspecified atom stereocenters. The van der Waals surface area contributed by atoms with Gasteiger partial charge in [0.05, 0.1) is 0 Å². The number of benzene rings is 1. The third-order valence-corrected chi connectivity index (χ3v) is 3.59. The molecule has 0 saturated carbocycles. The molecule has 1 atom stereocenters. The number of aliphatic carboxylic acids is 1. The van der Waals surface area contributed by atoms with Gasteiger partial charge in [-0.2, -0.15) is 0 Å². The van der Waals surface area contributed by atoms with Crippen molar-refractivity contribution in [2.75, 3.05) is 26.2 Å². The van der Waals surface area contributed by atoms with Crippen LogP contribution in [0.3, 0.4) is 0 Å². The molecule has 1 fully saturated rings. The zero-order valence-electron chi connectivity index (χ0n) is 11.6. The normalized spacial score (nSPS) is 17.1. The zero-order chi connectivity index (χ0) is 14.4. The maximum atomic E-state index is 10.8. The molecule has 1 aliphatic heterocycles. The Morgan fingerprint density at radius 2 is 2.05 bits per heavy atom. The van der Waals surface area contributed by atoms with Gasteiger partial charge in [0.15, 0.2) is 0 Å². The van der Waals surface area contributed by atoms with E-state index in [1.807, 2.05) is 24.3 Å². The van der Waals surface area contributed by atoms with Gasteiger partial charge in [-0.05, 0) is 37.6 Å². The molecule has 2 rings (SSSR count). The molecule has 0 aromatic heterocycles. The second-order valence-electron chi connectivity index (χ2n) is 5.15. The lowest BCUT2D eigenvalue weighted by Gasteiger charge is -2.17. The first-order chi connectivity index (χ1) is 9.66. The van der Waals surface area contributed by atoms with Crippen molar-refractivity contribution in [2.24, 2.45) is 5.73 Å². The zero-order valence-corrected chi connectivity index (χ0v) is 11.6. The highest BCUT2D eigenvalue weighted by Crippen LogP contribution is 2.19. The van der Waals surface area contributed by atoms with Crippen molar-refractivity contribution in [2.45, 2.75) is 25.3 Å². The van der Waals surface area contributed by atoms with Gasteiger partial charge in [0.1, 0.15) is 18.4 Å². The summed E-state index contributed by atoms with van der Waals surface area (Å²) in [5.41, 5.74) is 6.43. The van der Waals surface area contributed by atoms with Gasteiger partial charge in [-0.15, -0.1) is 0 Å². The summed E-state index contributed by atoms with van der Waals surface area (Å²) < 4.78 is 5.79. The molecule has 1 aliphatic rings. The molecule has 0 spiro atoms. The van der Waals surface area contributed by atoms with Gasteiger partial charge in [-0.25, -0.2) is 0 Å². The molecule has 3 N–H and O–H groups in total. The molecule has 1 saturated heterocycles. The highest BCUT2D eigenvalue weighted by molar-refractivity contribution is 5.73. The minimum atomic E-state index is -0.989. The average molecular weight is 278 g/mol. The van der Waals surface area contributed by atoms with E-state index in [0.717, 1.165) is 30.9 Å². The van der Waals surface area contributed by atoms with Crippen molar-refractivity contribution in [3.05, 3.63) is 29.8 Å². The van der Waals surface area contributed by atoms with Crippen molar-refractivity contribution in [3.8, 4) is 5.75 Å². The Labute approximate surface area is 119 Å². The largest absolute Gasteiger partial charge is 0.492 e. The third-order valence-electron chi connectivity index (χ3n) is 3.59. The monoisotopic (exact) mass is 278 g/mol. The van der Waals surface area contributed by atoms with Crippen LogP contribution in [0.2, 0.25) is 0 Å². The fraction of sp³-hybridized carbons (Fsp3) is 0.533. The van der Waals surface area contributed by atoms with E-state index >= 15 is 0 Å². The predicted molar refractivity (Wildman–Crippen MR) is 76.9 cm³/mol. The van der Waals surface area contributed by atoms with Crippen molar-refractivity contribution in [3.63, 3.8) is 0 Å². The Balaban J connectivity index is 1.88. The molecular weight excluding hydrogens is 256 g/mol. The van der Waals surface area contributed by atoms with Crippen LogP contribution < -0.4 is 10.5 Å². The van der Waals surface area contributed by atoms with E-state index < -0.39 is 12.0 Å². The van der Waals surface area contributed by atoms with Gasteiger partial charge >= 0.3 is 5.97 Å². The van der Waals surface area contributed by atoms with E-state index in [1.165, 1.54) is 12.8 Å². The minimum absolute atomic E-state index is 0.287. The van der Waals surface area contributed by atoms with Crippen molar-refractivity contribution >= 4 is 5.97 Å². The summed E-state index contributed by atoms with van der Waals surface area (Å²) in [6.07, 6.45) is 2.82. The summed E-state index contributed by atoms with van der Waals surface area (Å²) >= 11 is 0. The highest BCUT2D eigenvalue weighted by Gasteiger charge is 2.15. The number of para-hydroxylation sites is 1. The second kappa shape index (κ2) is 7.26. The van der Waals surface area contributed by atoms with Gasteiger partial charge in [0, 0.05) is 13.0 Å². The van der Waals surface area contributed by atoms with Gasteiger partial charge in [-0.3, -0.25) is 9.69 Å². The minimum Gasteiger partial charge on any atom is -0.492 e. The fourth-order valence-electron chi connectivity index (χ4n) is 2.43. The van der Waals surface area contributed by atoms with Crippen LogP contribution in [0.25, 0.3) is 0 Å². The number of carboxylic acid groups (broad SMARTS) is 1. The standard InChI is InChI=1S/C15H22N2O3/c16-13(15(18)19)11-12-5-1-2-6-14(12)20-10-9-17-7-3-4-8-17/h1-2,5-6,13H,3-4,7-11,16H2,(H,18,19). The summed E-state index contributed by atoms with van der Waals surface area (Å²) in [5, 5.41) is 8.88. The topological polar surface area (TPSA) is 75.8 Å². The Kier molecular flexibility index (Phi) is 5.38. The van der Waals surface area contributed by atoms with Crippen LogP contribution in [0.5, 0.6) is 5.75 Å². The fourth-order valence-corrected chi connectivity index (χ4v) is 2.43. The number of nitrogens with two attached hydrogens (primary N) is 1. The van der Waals surface area contributed by atoms with Gasteiger partial charge in [-0.1, -0.05) is 18.2 Å². The molecule has 20 heavy (non-hydrogen) atoms. The molecule has 0 amide bonds. The molecule has 5 heteroatoms. The Bertz CT molecular complexity index is 444. The van der Waals surface area contributed by atoms with Gasteiger partial charge in [0.25, 0.3) is 0 Å². The van der Waals surface area contributed by atoms with Crippen LogP contribution in [0.4, 0.5) is 0 Å². The molecule has 110 valence electrons. The van der Waals surface area contributed by atoms with E-state index in [1.54, 1.807) is 0 Å². The lowest BCUT2D eigenvalue weighted by atomic mass is 10.1. The first-order valence-corrected chi connectivity index (χ1v) is 7.08. The van der Waals surface area contributed by atoms with E-state index in [9.17, 15) is 4.79 Å². The summed E-state index contributed by atoms with van der Waals surface area (Å²) in [4.78, 5) is 13.2.